The van der Waals surface area contributed by atoms with Crippen LogP contribution >= 0.6 is 27.5 Å². The second kappa shape index (κ2) is 7.69. The van der Waals surface area contributed by atoms with Gasteiger partial charge in [0.05, 0.1) is 18.1 Å². The van der Waals surface area contributed by atoms with Crippen LogP contribution in [0.1, 0.15) is 19.8 Å². The number of hydrogen-bond acceptors (Lipinski definition) is 2. The predicted molar refractivity (Wildman–Crippen MR) is 73.5 cm³/mol. The van der Waals surface area contributed by atoms with E-state index in [-0.39, 0.29) is 5.91 Å². The summed E-state index contributed by atoms with van der Waals surface area (Å²) >= 11 is 9.16. The van der Waals surface area contributed by atoms with Gasteiger partial charge in [-0.2, -0.15) is 0 Å². The molecule has 1 rings (SSSR count). The van der Waals surface area contributed by atoms with Crippen molar-refractivity contribution >= 4 is 39.1 Å². The van der Waals surface area contributed by atoms with Gasteiger partial charge in [-0.1, -0.05) is 18.5 Å². The zero-order chi connectivity index (χ0) is 12.7. The van der Waals surface area contributed by atoms with Crippen LogP contribution in [0.3, 0.4) is 0 Å². The summed E-state index contributed by atoms with van der Waals surface area (Å²) in [6.45, 7) is 3.18. The van der Waals surface area contributed by atoms with Gasteiger partial charge in [-0.15, -0.1) is 0 Å². The Balaban J connectivity index is 2.37. The van der Waals surface area contributed by atoms with Crippen molar-refractivity contribution in [3.8, 4) is 0 Å². The minimum atomic E-state index is -0.0599. The first-order chi connectivity index (χ1) is 8.13. The maximum Gasteiger partial charge on any atom is 0.226 e. The van der Waals surface area contributed by atoms with Crippen molar-refractivity contribution in [3.63, 3.8) is 0 Å². The largest absolute Gasteiger partial charge is 0.381 e. The van der Waals surface area contributed by atoms with Gasteiger partial charge >= 0.3 is 0 Å². The predicted octanol–water partition coefficient (Wildman–Crippen LogP) is 3.86. The Morgan fingerprint density at radius 1 is 1.47 bits per heavy atom. The molecule has 5 heteroatoms. The first kappa shape index (κ1) is 14.5. The lowest BCUT2D eigenvalue weighted by atomic mass is 10.3. The van der Waals surface area contributed by atoms with Gasteiger partial charge in [0.15, 0.2) is 0 Å². The number of rotatable bonds is 6. The molecule has 17 heavy (non-hydrogen) atoms. The summed E-state index contributed by atoms with van der Waals surface area (Å²) in [5, 5.41) is 3.40. The van der Waals surface area contributed by atoms with Crippen LogP contribution in [0.2, 0.25) is 5.02 Å². The van der Waals surface area contributed by atoms with E-state index < -0.39 is 0 Å². The topological polar surface area (TPSA) is 38.3 Å². The molecule has 94 valence electrons. The maximum absolute atomic E-state index is 11.5. The number of amides is 1. The summed E-state index contributed by atoms with van der Waals surface area (Å²) in [5.41, 5.74) is 0.724. The molecule has 0 saturated carbocycles. The second-order valence-electron chi connectivity index (χ2n) is 3.54. The number of anilines is 1. The number of halogens is 2. The van der Waals surface area contributed by atoms with E-state index in [9.17, 15) is 4.79 Å². The van der Waals surface area contributed by atoms with Crippen molar-refractivity contribution in [1.82, 2.24) is 0 Å². The molecule has 0 aliphatic heterocycles. The molecule has 1 amide bonds. The van der Waals surface area contributed by atoms with Crippen LogP contribution < -0.4 is 5.32 Å². The van der Waals surface area contributed by atoms with E-state index in [1.807, 2.05) is 6.92 Å². The third-order valence-corrected chi connectivity index (χ3v) is 3.24. The van der Waals surface area contributed by atoms with E-state index in [1.165, 1.54) is 0 Å². The highest BCUT2D eigenvalue weighted by Gasteiger charge is 2.04. The van der Waals surface area contributed by atoms with Crippen molar-refractivity contribution in [2.24, 2.45) is 0 Å². The lowest BCUT2D eigenvalue weighted by Crippen LogP contribution is -2.14. The van der Waals surface area contributed by atoms with Gasteiger partial charge in [0.2, 0.25) is 5.91 Å². The number of carbonyl (C=O) groups is 1. The molecule has 0 heterocycles. The minimum Gasteiger partial charge on any atom is -0.381 e. The van der Waals surface area contributed by atoms with E-state index >= 15 is 0 Å². The lowest BCUT2D eigenvalue weighted by Gasteiger charge is -2.06. The molecule has 3 nitrogen and oxygen atoms in total. The fourth-order valence-electron chi connectivity index (χ4n) is 1.21. The standard InChI is InChI=1S/C12H15BrClNO2/c1-2-6-17-7-5-12(16)15-9-3-4-11(14)10(13)8-9/h3-4,8H,2,5-7H2,1H3,(H,15,16). The highest BCUT2D eigenvalue weighted by atomic mass is 79.9. The average molecular weight is 321 g/mol. The van der Waals surface area contributed by atoms with Crippen LogP contribution in [0, 0.1) is 0 Å². The average Bonchev–Trinajstić information content (AvgIpc) is 2.30. The molecule has 0 aliphatic rings. The molecule has 0 atom stereocenters. The highest BCUT2D eigenvalue weighted by molar-refractivity contribution is 9.10. The number of carbonyl (C=O) groups excluding carboxylic acids is 1. The van der Waals surface area contributed by atoms with Crippen LogP contribution in [0.15, 0.2) is 22.7 Å². The van der Waals surface area contributed by atoms with E-state index in [0.717, 1.165) is 16.6 Å². The van der Waals surface area contributed by atoms with Gasteiger partial charge in [0.25, 0.3) is 0 Å². The molecular weight excluding hydrogens is 305 g/mol. The van der Waals surface area contributed by atoms with Crippen molar-refractivity contribution in [2.45, 2.75) is 19.8 Å². The van der Waals surface area contributed by atoms with E-state index in [1.54, 1.807) is 18.2 Å². The van der Waals surface area contributed by atoms with Gasteiger partial charge in [0, 0.05) is 16.8 Å². The normalized spacial score (nSPS) is 10.3. The fraction of sp³-hybridized carbons (Fsp3) is 0.417. The minimum absolute atomic E-state index is 0.0599. The van der Waals surface area contributed by atoms with Crippen molar-refractivity contribution in [3.05, 3.63) is 27.7 Å². The highest BCUT2D eigenvalue weighted by Crippen LogP contribution is 2.25. The number of benzene rings is 1. The first-order valence-corrected chi connectivity index (χ1v) is 6.63. The Bertz CT molecular complexity index is 385. The summed E-state index contributed by atoms with van der Waals surface area (Å²) in [6.07, 6.45) is 1.33. The molecule has 0 spiro atoms. The summed E-state index contributed by atoms with van der Waals surface area (Å²) in [5.74, 6) is -0.0599. The van der Waals surface area contributed by atoms with Crippen LogP contribution in [-0.4, -0.2) is 19.1 Å². The molecule has 0 aromatic heterocycles. The van der Waals surface area contributed by atoms with Crippen LogP contribution in [0.4, 0.5) is 5.69 Å². The van der Waals surface area contributed by atoms with E-state index in [4.69, 9.17) is 16.3 Å². The first-order valence-electron chi connectivity index (χ1n) is 5.46. The van der Waals surface area contributed by atoms with Gasteiger partial charge in [-0.25, -0.2) is 0 Å². The van der Waals surface area contributed by atoms with Crippen LogP contribution in [0.25, 0.3) is 0 Å². The van der Waals surface area contributed by atoms with Crippen molar-refractivity contribution < 1.29 is 9.53 Å². The lowest BCUT2D eigenvalue weighted by molar-refractivity contribution is -0.117. The molecule has 0 fully saturated rings. The van der Waals surface area contributed by atoms with Crippen LogP contribution in [-0.2, 0) is 9.53 Å². The summed E-state index contributed by atoms with van der Waals surface area (Å²) in [7, 11) is 0. The molecule has 1 aromatic carbocycles. The molecule has 0 radical (unpaired) electrons. The van der Waals surface area contributed by atoms with E-state index in [2.05, 4.69) is 21.2 Å². The zero-order valence-electron chi connectivity index (χ0n) is 9.63. The fourth-order valence-corrected chi connectivity index (χ4v) is 1.70. The molecule has 0 saturated heterocycles. The van der Waals surface area contributed by atoms with Crippen LogP contribution in [0.5, 0.6) is 0 Å². The smallest absolute Gasteiger partial charge is 0.226 e. The Morgan fingerprint density at radius 3 is 2.88 bits per heavy atom. The van der Waals surface area contributed by atoms with E-state index in [0.29, 0.717) is 24.7 Å². The Hall–Kier alpha value is -0.580. The summed E-state index contributed by atoms with van der Waals surface area (Å²) < 4.78 is 6.01. The number of ether oxygens (including phenoxy) is 1. The van der Waals surface area contributed by atoms with Gasteiger partial charge in [-0.05, 0) is 40.5 Å². The quantitative estimate of drug-likeness (QED) is 0.808. The number of nitrogens with one attached hydrogen (secondary N) is 1. The Labute approximate surface area is 115 Å². The molecule has 0 unspecified atom stereocenters. The van der Waals surface area contributed by atoms with Gasteiger partial charge < -0.3 is 10.1 Å². The zero-order valence-corrected chi connectivity index (χ0v) is 12.0. The second-order valence-corrected chi connectivity index (χ2v) is 4.80. The van der Waals surface area contributed by atoms with Crippen molar-refractivity contribution in [1.29, 1.82) is 0 Å². The van der Waals surface area contributed by atoms with Gasteiger partial charge in [0.1, 0.15) is 0 Å². The monoisotopic (exact) mass is 319 g/mol. The SMILES string of the molecule is CCCOCCC(=O)Nc1ccc(Cl)c(Br)c1. The summed E-state index contributed by atoms with van der Waals surface area (Å²) in [4.78, 5) is 11.5. The molecule has 0 bridgehead atoms. The third-order valence-electron chi connectivity index (χ3n) is 2.03. The third kappa shape index (κ3) is 5.52. The maximum atomic E-state index is 11.5. The summed E-state index contributed by atoms with van der Waals surface area (Å²) in [6, 6.07) is 5.26. The Kier molecular flexibility index (Phi) is 6.55. The molecular formula is C12H15BrClNO2. The Morgan fingerprint density at radius 2 is 2.24 bits per heavy atom. The van der Waals surface area contributed by atoms with Gasteiger partial charge in [-0.3, -0.25) is 4.79 Å². The van der Waals surface area contributed by atoms with Crippen molar-refractivity contribution in [2.75, 3.05) is 18.5 Å². The molecule has 1 N–H and O–H groups in total. The molecule has 0 aliphatic carbocycles. The number of hydrogen-bond donors (Lipinski definition) is 1. The molecule has 1 aromatic rings.